The first-order valence-electron chi connectivity index (χ1n) is 11.9. The van der Waals surface area contributed by atoms with Crippen LogP contribution >= 0.6 is 0 Å². The average molecular weight is 508 g/mol. The van der Waals surface area contributed by atoms with Gasteiger partial charge in [-0.05, 0) is 47.5 Å². The lowest BCUT2D eigenvalue weighted by Gasteiger charge is -2.34. The molecule has 0 atom stereocenters. The Bertz CT molecular complexity index is 1320. The number of nitrogens with zero attached hydrogens (tertiary/aromatic N) is 3. The molecule has 3 aromatic carbocycles. The van der Waals surface area contributed by atoms with Crippen molar-refractivity contribution in [3.05, 3.63) is 89.5 Å². The van der Waals surface area contributed by atoms with Crippen LogP contribution in [0.1, 0.15) is 21.5 Å². The Morgan fingerprint density at radius 3 is 2.22 bits per heavy atom. The Morgan fingerprint density at radius 1 is 0.861 bits per heavy atom. The van der Waals surface area contributed by atoms with E-state index in [4.69, 9.17) is 9.47 Å². The predicted molar refractivity (Wildman–Crippen MR) is 138 cm³/mol. The lowest BCUT2D eigenvalue weighted by atomic mass is 10.1. The van der Waals surface area contributed by atoms with Crippen LogP contribution in [0, 0.1) is 0 Å². The highest BCUT2D eigenvalue weighted by Gasteiger charge is 2.23. The van der Waals surface area contributed by atoms with Gasteiger partial charge < -0.3 is 14.4 Å². The van der Waals surface area contributed by atoms with Crippen molar-refractivity contribution in [3.8, 4) is 11.5 Å². The molecule has 0 bridgehead atoms. The maximum absolute atomic E-state index is 13.1. The summed E-state index contributed by atoms with van der Waals surface area (Å²) in [7, 11) is -3.45. The number of piperazine rings is 1. The van der Waals surface area contributed by atoms with Gasteiger partial charge in [-0.3, -0.25) is 14.0 Å². The van der Waals surface area contributed by atoms with E-state index >= 15 is 0 Å². The van der Waals surface area contributed by atoms with E-state index in [9.17, 15) is 13.2 Å². The number of para-hydroxylation sites is 1. The van der Waals surface area contributed by atoms with Gasteiger partial charge in [0.15, 0.2) is 11.5 Å². The minimum absolute atomic E-state index is 0.00712. The molecule has 0 aliphatic carbocycles. The summed E-state index contributed by atoms with van der Waals surface area (Å²) < 4.78 is 36.9. The zero-order valence-electron chi connectivity index (χ0n) is 20.2. The largest absolute Gasteiger partial charge is 0.454 e. The molecular formula is C27H29N3O5S. The summed E-state index contributed by atoms with van der Waals surface area (Å²) in [5.41, 5.74) is 3.19. The smallest absolute Gasteiger partial charge is 0.253 e. The third-order valence-corrected chi connectivity index (χ3v) is 7.61. The van der Waals surface area contributed by atoms with E-state index in [2.05, 4.69) is 11.0 Å². The third kappa shape index (κ3) is 5.47. The van der Waals surface area contributed by atoms with Crippen LogP contribution in [0.4, 0.5) is 5.69 Å². The van der Waals surface area contributed by atoms with E-state index in [0.29, 0.717) is 24.3 Å². The summed E-state index contributed by atoms with van der Waals surface area (Å²) in [6.45, 7) is 4.16. The van der Waals surface area contributed by atoms with Crippen LogP contribution in [0.2, 0.25) is 0 Å². The number of amides is 1. The fourth-order valence-corrected chi connectivity index (χ4v) is 5.39. The molecule has 5 rings (SSSR count). The molecule has 1 saturated heterocycles. The normalized spacial score (nSPS) is 15.6. The van der Waals surface area contributed by atoms with Crippen molar-refractivity contribution < 1.29 is 22.7 Å². The lowest BCUT2D eigenvalue weighted by molar-refractivity contribution is 0.0628. The van der Waals surface area contributed by atoms with Gasteiger partial charge in [0.05, 0.1) is 18.5 Å². The Balaban J connectivity index is 1.17. The quantitative estimate of drug-likeness (QED) is 0.488. The molecule has 9 heteroatoms. The number of ether oxygens (including phenoxy) is 2. The molecule has 2 aliphatic rings. The van der Waals surface area contributed by atoms with Crippen molar-refractivity contribution in [1.29, 1.82) is 0 Å². The van der Waals surface area contributed by atoms with Gasteiger partial charge in [-0.25, -0.2) is 8.42 Å². The summed E-state index contributed by atoms with van der Waals surface area (Å²) in [4.78, 5) is 17.3. The lowest BCUT2D eigenvalue weighted by Crippen LogP contribution is -2.48. The molecular weight excluding hydrogens is 478 g/mol. The number of anilines is 1. The highest BCUT2D eigenvalue weighted by atomic mass is 32.2. The van der Waals surface area contributed by atoms with Gasteiger partial charge in [0.25, 0.3) is 5.91 Å². The molecule has 0 unspecified atom stereocenters. The van der Waals surface area contributed by atoms with Crippen LogP contribution in [0.3, 0.4) is 0 Å². The summed E-state index contributed by atoms with van der Waals surface area (Å²) in [5.74, 6) is 1.56. The number of hydrogen-bond donors (Lipinski definition) is 0. The summed E-state index contributed by atoms with van der Waals surface area (Å²) >= 11 is 0. The highest BCUT2D eigenvalue weighted by molar-refractivity contribution is 7.92. The molecule has 2 aliphatic heterocycles. The number of carbonyl (C=O) groups excluding carboxylic acids is 1. The molecule has 2 heterocycles. The Labute approximate surface area is 211 Å². The minimum atomic E-state index is -3.45. The zero-order valence-corrected chi connectivity index (χ0v) is 21.0. The summed E-state index contributed by atoms with van der Waals surface area (Å²) in [6, 6.07) is 22.2. The van der Waals surface area contributed by atoms with Crippen LogP contribution < -0.4 is 13.8 Å². The standard InChI is InChI=1S/C27H29N3O5S/c1-36(32,33)30(24-5-3-2-4-6-24)19-21-7-10-23(11-8-21)27(31)29-15-13-28(14-16-29)18-22-9-12-25-26(17-22)35-20-34-25/h2-12,17H,13-16,18-20H2,1H3. The predicted octanol–water partition coefficient (Wildman–Crippen LogP) is 3.34. The van der Waals surface area contributed by atoms with Gasteiger partial charge in [0.1, 0.15) is 0 Å². The maximum Gasteiger partial charge on any atom is 0.253 e. The molecule has 0 aromatic heterocycles. The molecule has 188 valence electrons. The van der Waals surface area contributed by atoms with Crippen molar-refractivity contribution in [2.75, 3.05) is 43.5 Å². The Hall–Kier alpha value is -3.56. The van der Waals surface area contributed by atoms with Crippen LogP contribution in [0.15, 0.2) is 72.8 Å². The molecule has 3 aromatic rings. The second-order valence-corrected chi connectivity index (χ2v) is 11.0. The summed E-state index contributed by atoms with van der Waals surface area (Å²) in [5, 5.41) is 0. The van der Waals surface area contributed by atoms with E-state index in [1.54, 1.807) is 24.3 Å². The minimum Gasteiger partial charge on any atom is -0.454 e. The first-order valence-corrected chi connectivity index (χ1v) is 13.7. The van der Waals surface area contributed by atoms with E-state index in [1.165, 1.54) is 10.6 Å². The van der Waals surface area contributed by atoms with Gasteiger partial charge in [0.2, 0.25) is 16.8 Å². The van der Waals surface area contributed by atoms with Gasteiger partial charge in [-0.15, -0.1) is 0 Å². The van der Waals surface area contributed by atoms with Crippen molar-refractivity contribution in [2.45, 2.75) is 13.1 Å². The Kier molecular flexibility index (Phi) is 6.84. The second-order valence-electron chi connectivity index (χ2n) is 9.06. The number of carbonyl (C=O) groups is 1. The number of sulfonamides is 1. The Morgan fingerprint density at radius 2 is 1.53 bits per heavy atom. The third-order valence-electron chi connectivity index (χ3n) is 6.47. The molecule has 8 nitrogen and oxygen atoms in total. The van der Waals surface area contributed by atoms with Crippen LogP contribution in [-0.4, -0.2) is 63.4 Å². The maximum atomic E-state index is 13.1. The van der Waals surface area contributed by atoms with Gasteiger partial charge in [-0.2, -0.15) is 0 Å². The van der Waals surface area contributed by atoms with Crippen LogP contribution in [-0.2, 0) is 23.1 Å². The van der Waals surface area contributed by atoms with Crippen molar-refractivity contribution >= 4 is 21.6 Å². The van der Waals surface area contributed by atoms with E-state index in [1.807, 2.05) is 47.4 Å². The number of rotatable bonds is 7. The molecule has 0 N–H and O–H groups in total. The van der Waals surface area contributed by atoms with Crippen LogP contribution in [0.25, 0.3) is 0 Å². The fraction of sp³-hybridized carbons (Fsp3) is 0.296. The molecule has 1 fully saturated rings. The first kappa shape index (κ1) is 24.1. The second kappa shape index (κ2) is 10.2. The SMILES string of the molecule is CS(=O)(=O)N(Cc1ccc(C(=O)N2CCN(Cc3ccc4c(c3)OCO4)CC2)cc1)c1ccccc1. The van der Waals surface area contributed by atoms with Crippen molar-refractivity contribution in [3.63, 3.8) is 0 Å². The summed E-state index contributed by atoms with van der Waals surface area (Å²) in [6.07, 6.45) is 1.20. The van der Waals surface area contributed by atoms with Crippen molar-refractivity contribution in [2.24, 2.45) is 0 Å². The number of hydrogen-bond acceptors (Lipinski definition) is 6. The number of fused-ring (bicyclic) bond motifs is 1. The number of benzene rings is 3. The highest BCUT2D eigenvalue weighted by Crippen LogP contribution is 2.33. The molecule has 36 heavy (non-hydrogen) atoms. The van der Waals surface area contributed by atoms with Gasteiger partial charge in [0, 0.05) is 38.3 Å². The van der Waals surface area contributed by atoms with Gasteiger partial charge >= 0.3 is 0 Å². The van der Waals surface area contributed by atoms with Crippen molar-refractivity contribution in [1.82, 2.24) is 9.80 Å². The van der Waals surface area contributed by atoms with E-state index < -0.39 is 10.0 Å². The van der Waals surface area contributed by atoms with Gasteiger partial charge in [-0.1, -0.05) is 36.4 Å². The topological polar surface area (TPSA) is 79.4 Å². The van der Waals surface area contributed by atoms with Crippen LogP contribution in [0.5, 0.6) is 11.5 Å². The monoisotopic (exact) mass is 507 g/mol. The van der Waals surface area contributed by atoms with E-state index in [-0.39, 0.29) is 19.2 Å². The molecule has 1 amide bonds. The molecule has 0 saturated carbocycles. The average Bonchev–Trinajstić information content (AvgIpc) is 3.36. The van der Waals surface area contributed by atoms with E-state index in [0.717, 1.165) is 42.3 Å². The fourth-order valence-electron chi connectivity index (χ4n) is 4.50. The zero-order chi connectivity index (χ0) is 25.1. The first-order chi connectivity index (χ1) is 17.4. The molecule has 0 spiro atoms. The molecule has 0 radical (unpaired) electrons.